The van der Waals surface area contributed by atoms with Crippen LogP contribution in [0.1, 0.15) is 69.1 Å². The molecule has 0 saturated heterocycles. The van der Waals surface area contributed by atoms with Crippen molar-refractivity contribution in [3.63, 3.8) is 0 Å². The second-order valence-electron chi connectivity index (χ2n) is 5.65. The summed E-state index contributed by atoms with van der Waals surface area (Å²) in [6.07, 6.45) is 13.1. The minimum Gasteiger partial charge on any atom is -0.388 e. The Balaban J connectivity index is 1.77. The molecule has 2 rings (SSSR count). The molecule has 0 amide bonds. The fraction of sp³-hybridized carbons (Fsp3) is 0.556. The largest absolute Gasteiger partial charge is 0.388 e. The van der Waals surface area contributed by atoms with Gasteiger partial charge < -0.3 is 5.11 Å². The van der Waals surface area contributed by atoms with Crippen LogP contribution in [0, 0.1) is 5.92 Å². The zero-order chi connectivity index (χ0) is 13.5. The van der Waals surface area contributed by atoms with Crippen molar-refractivity contribution in [2.24, 2.45) is 5.92 Å². The summed E-state index contributed by atoms with van der Waals surface area (Å²) in [5.41, 5.74) is 2.27. The van der Waals surface area contributed by atoms with Gasteiger partial charge in [-0.15, -0.1) is 0 Å². The van der Waals surface area contributed by atoms with Crippen molar-refractivity contribution in [3.05, 3.63) is 41.5 Å². The van der Waals surface area contributed by atoms with Gasteiger partial charge in [0, 0.05) is 5.92 Å². The molecule has 0 bridgehead atoms. The van der Waals surface area contributed by atoms with Crippen LogP contribution in [-0.4, -0.2) is 5.11 Å². The van der Waals surface area contributed by atoms with E-state index in [9.17, 15) is 5.11 Å². The lowest BCUT2D eigenvalue weighted by molar-refractivity contribution is 0.123. The Bertz CT molecular complexity index is 408. The van der Waals surface area contributed by atoms with E-state index in [1.807, 2.05) is 12.1 Å². The molecular weight excluding hydrogens is 232 g/mol. The Morgan fingerprint density at radius 1 is 1.00 bits per heavy atom. The predicted molar refractivity (Wildman–Crippen MR) is 81.9 cm³/mol. The zero-order valence-corrected chi connectivity index (χ0v) is 12.0. The molecule has 0 aromatic heterocycles. The molecule has 1 nitrogen and oxygen atoms in total. The van der Waals surface area contributed by atoms with Crippen molar-refractivity contribution in [1.29, 1.82) is 0 Å². The van der Waals surface area contributed by atoms with Gasteiger partial charge in [0.2, 0.25) is 0 Å². The summed E-state index contributed by atoms with van der Waals surface area (Å²) < 4.78 is 0. The Hall–Kier alpha value is -1.08. The minimum absolute atomic E-state index is 0.307. The van der Waals surface area contributed by atoms with Crippen molar-refractivity contribution in [2.45, 2.75) is 58.0 Å². The van der Waals surface area contributed by atoms with Gasteiger partial charge in [0.1, 0.15) is 0 Å². The first-order valence-electron chi connectivity index (χ1n) is 7.78. The van der Waals surface area contributed by atoms with Crippen LogP contribution in [0.5, 0.6) is 0 Å². The van der Waals surface area contributed by atoms with Gasteiger partial charge in [0.25, 0.3) is 0 Å². The summed E-state index contributed by atoms with van der Waals surface area (Å²) in [4.78, 5) is 0. The number of fused-ring (bicyclic) bond motifs is 1. The van der Waals surface area contributed by atoms with E-state index in [4.69, 9.17) is 0 Å². The average molecular weight is 258 g/mol. The van der Waals surface area contributed by atoms with Gasteiger partial charge in [-0.1, -0.05) is 81.9 Å². The molecule has 0 radical (unpaired) electrons. The van der Waals surface area contributed by atoms with Gasteiger partial charge in [0.15, 0.2) is 0 Å². The number of aliphatic hydroxyl groups excluding tert-OH is 1. The molecule has 104 valence electrons. The van der Waals surface area contributed by atoms with E-state index in [0.29, 0.717) is 5.92 Å². The molecule has 1 aliphatic rings. The van der Waals surface area contributed by atoms with Gasteiger partial charge in [-0.05, 0) is 17.5 Å². The maximum Gasteiger partial charge on any atom is 0.0858 e. The Kier molecular flexibility index (Phi) is 5.65. The summed E-state index contributed by atoms with van der Waals surface area (Å²) in [5.74, 6) is 0.307. The third kappa shape index (κ3) is 3.94. The summed E-state index contributed by atoms with van der Waals surface area (Å²) in [6.45, 7) is 2.25. The lowest BCUT2D eigenvalue weighted by Crippen LogP contribution is -2.14. The Morgan fingerprint density at radius 3 is 2.58 bits per heavy atom. The van der Waals surface area contributed by atoms with E-state index in [1.54, 1.807) is 0 Å². The second-order valence-corrected chi connectivity index (χ2v) is 5.65. The smallest absolute Gasteiger partial charge is 0.0858 e. The number of hydrogen-bond donors (Lipinski definition) is 1. The monoisotopic (exact) mass is 258 g/mol. The summed E-state index contributed by atoms with van der Waals surface area (Å²) >= 11 is 0. The normalized spacial score (nSPS) is 21.4. The quantitative estimate of drug-likeness (QED) is 0.673. The van der Waals surface area contributed by atoms with Crippen molar-refractivity contribution >= 4 is 6.08 Å². The molecule has 1 N–H and O–H groups in total. The Labute approximate surface area is 117 Å². The third-order valence-electron chi connectivity index (χ3n) is 4.13. The van der Waals surface area contributed by atoms with Gasteiger partial charge in [0.05, 0.1) is 6.10 Å². The van der Waals surface area contributed by atoms with E-state index < -0.39 is 0 Å². The first-order valence-corrected chi connectivity index (χ1v) is 7.78. The van der Waals surface area contributed by atoms with Crippen LogP contribution >= 0.6 is 0 Å². The first-order chi connectivity index (χ1) is 9.33. The molecule has 1 aliphatic carbocycles. The van der Waals surface area contributed by atoms with Crippen LogP contribution in [0.3, 0.4) is 0 Å². The molecular formula is C18H26O. The first kappa shape index (κ1) is 14.3. The highest BCUT2D eigenvalue weighted by molar-refractivity contribution is 5.57. The number of hydrogen-bond acceptors (Lipinski definition) is 1. The topological polar surface area (TPSA) is 20.2 Å². The Morgan fingerprint density at radius 2 is 1.74 bits per heavy atom. The maximum atomic E-state index is 10.4. The van der Waals surface area contributed by atoms with Crippen molar-refractivity contribution in [3.8, 4) is 0 Å². The molecule has 2 atom stereocenters. The van der Waals surface area contributed by atoms with E-state index >= 15 is 0 Å². The maximum absolute atomic E-state index is 10.4. The standard InChI is InChI=1S/C18H26O/c1-2-3-4-5-6-7-11-16-14-13-15-10-8-9-12-17(15)18(16)19/h8-10,12-14,16,18-19H,2-7,11H2,1H3/t16-,18-/m0/s1. The van der Waals surface area contributed by atoms with E-state index in [0.717, 1.165) is 12.0 Å². The van der Waals surface area contributed by atoms with Crippen LogP contribution in [0.4, 0.5) is 0 Å². The fourth-order valence-corrected chi connectivity index (χ4v) is 2.91. The van der Waals surface area contributed by atoms with Crippen LogP contribution in [0.25, 0.3) is 6.08 Å². The van der Waals surface area contributed by atoms with Crippen LogP contribution < -0.4 is 0 Å². The molecule has 19 heavy (non-hydrogen) atoms. The van der Waals surface area contributed by atoms with Gasteiger partial charge >= 0.3 is 0 Å². The molecule has 1 heteroatoms. The molecule has 0 saturated carbocycles. The highest BCUT2D eigenvalue weighted by Gasteiger charge is 2.23. The molecule has 0 spiro atoms. The molecule has 0 aliphatic heterocycles. The highest BCUT2D eigenvalue weighted by atomic mass is 16.3. The molecule has 0 unspecified atom stereocenters. The lowest BCUT2D eigenvalue weighted by atomic mass is 9.84. The van der Waals surface area contributed by atoms with E-state index in [-0.39, 0.29) is 6.10 Å². The van der Waals surface area contributed by atoms with E-state index in [1.165, 1.54) is 44.1 Å². The number of rotatable bonds is 7. The van der Waals surface area contributed by atoms with Crippen molar-refractivity contribution in [1.82, 2.24) is 0 Å². The molecule has 1 aromatic carbocycles. The van der Waals surface area contributed by atoms with Gasteiger partial charge in [-0.3, -0.25) is 0 Å². The third-order valence-corrected chi connectivity index (χ3v) is 4.13. The van der Waals surface area contributed by atoms with Crippen LogP contribution in [0.2, 0.25) is 0 Å². The second kappa shape index (κ2) is 7.49. The number of unbranched alkanes of at least 4 members (excludes halogenated alkanes) is 5. The molecule has 1 aromatic rings. The van der Waals surface area contributed by atoms with E-state index in [2.05, 4.69) is 31.2 Å². The predicted octanol–water partition coefficient (Wildman–Crippen LogP) is 5.11. The minimum atomic E-state index is -0.308. The fourth-order valence-electron chi connectivity index (χ4n) is 2.91. The summed E-state index contributed by atoms with van der Waals surface area (Å²) in [5, 5.41) is 10.4. The zero-order valence-electron chi connectivity index (χ0n) is 12.0. The summed E-state index contributed by atoms with van der Waals surface area (Å²) in [6, 6.07) is 8.18. The van der Waals surface area contributed by atoms with Crippen molar-refractivity contribution in [2.75, 3.05) is 0 Å². The highest BCUT2D eigenvalue weighted by Crippen LogP contribution is 2.34. The van der Waals surface area contributed by atoms with Crippen LogP contribution in [0.15, 0.2) is 30.3 Å². The molecule has 0 fully saturated rings. The van der Waals surface area contributed by atoms with Gasteiger partial charge in [-0.25, -0.2) is 0 Å². The SMILES string of the molecule is CCCCCCCC[C@H]1C=Cc2ccccc2[C@H]1O. The number of aliphatic hydroxyl groups is 1. The van der Waals surface area contributed by atoms with Crippen LogP contribution in [-0.2, 0) is 0 Å². The lowest BCUT2D eigenvalue weighted by Gasteiger charge is -2.25. The summed E-state index contributed by atoms with van der Waals surface area (Å²) in [7, 11) is 0. The number of benzene rings is 1. The average Bonchev–Trinajstić information content (AvgIpc) is 2.45. The van der Waals surface area contributed by atoms with Crippen molar-refractivity contribution < 1.29 is 5.11 Å². The molecule has 0 heterocycles. The van der Waals surface area contributed by atoms with Gasteiger partial charge in [-0.2, -0.15) is 0 Å².